The number of aromatic nitrogens is 3. The zero-order valence-electron chi connectivity index (χ0n) is 23.0. The van der Waals surface area contributed by atoms with Gasteiger partial charge in [-0.25, -0.2) is 15.0 Å². The Hall–Kier alpha value is -5.15. The Bertz CT molecular complexity index is 2130. The van der Waals surface area contributed by atoms with Gasteiger partial charge in [0.15, 0.2) is 0 Å². The van der Waals surface area contributed by atoms with Crippen LogP contribution in [0.25, 0.3) is 66.8 Å². The highest BCUT2D eigenvalue weighted by molar-refractivity contribution is 6.04. The fourth-order valence-corrected chi connectivity index (χ4v) is 6.28. The van der Waals surface area contributed by atoms with E-state index < -0.39 is 0 Å². The molecule has 0 saturated carbocycles. The highest BCUT2D eigenvalue weighted by atomic mass is 14.8. The molecular formula is C38H27N3. The first-order valence-electron chi connectivity index (χ1n) is 14.0. The van der Waals surface area contributed by atoms with Gasteiger partial charge in [-0.05, 0) is 52.6 Å². The van der Waals surface area contributed by atoms with E-state index in [1.807, 2.05) is 24.3 Å². The summed E-state index contributed by atoms with van der Waals surface area (Å²) in [6.07, 6.45) is 0. The van der Waals surface area contributed by atoms with Crippen molar-refractivity contribution in [2.45, 2.75) is 19.3 Å². The molecule has 0 radical (unpaired) electrons. The van der Waals surface area contributed by atoms with Gasteiger partial charge in [0.2, 0.25) is 0 Å². The van der Waals surface area contributed by atoms with Crippen LogP contribution in [0.15, 0.2) is 127 Å². The predicted octanol–water partition coefficient (Wildman–Crippen LogP) is 9.49. The molecule has 0 aliphatic heterocycles. The van der Waals surface area contributed by atoms with Crippen molar-refractivity contribution < 1.29 is 0 Å². The van der Waals surface area contributed by atoms with E-state index in [4.69, 9.17) is 15.0 Å². The molecule has 0 atom stereocenters. The summed E-state index contributed by atoms with van der Waals surface area (Å²) in [5.41, 5.74) is 12.9. The average Bonchev–Trinajstić information content (AvgIpc) is 3.27. The van der Waals surface area contributed by atoms with Crippen molar-refractivity contribution in [3.8, 4) is 45.0 Å². The molecule has 0 N–H and O–H groups in total. The van der Waals surface area contributed by atoms with E-state index in [1.54, 1.807) is 0 Å². The second-order valence-electron chi connectivity index (χ2n) is 11.3. The SMILES string of the molecule is CC1(C)c2ccccc2-c2ccc(-c3cccc(-c4ccc5ccc6ccc(-c7ccccc7)nc6c5n4)n3)cc21. The lowest BCUT2D eigenvalue weighted by molar-refractivity contribution is 0.660. The van der Waals surface area contributed by atoms with Gasteiger partial charge in [0.1, 0.15) is 0 Å². The molecule has 8 rings (SSSR count). The summed E-state index contributed by atoms with van der Waals surface area (Å²) in [6.45, 7) is 4.62. The molecule has 3 heterocycles. The fourth-order valence-electron chi connectivity index (χ4n) is 6.28. The van der Waals surface area contributed by atoms with Crippen molar-refractivity contribution in [2.75, 3.05) is 0 Å². The van der Waals surface area contributed by atoms with Crippen molar-refractivity contribution in [1.29, 1.82) is 0 Å². The summed E-state index contributed by atoms with van der Waals surface area (Å²) >= 11 is 0. The lowest BCUT2D eigenvalue weighted by Gasteiger charge is -2.21. The third-order valence-electron chi connectivity index (χ3n) is 8.48. The van der Waals surface area contributed by atoms with Gasteiger partial charge in [0.05, 0.1) is 33.8 Å². The van der Waals surface area contributed by atoms with E-state index in [0.29, 0.717) is 0 Å². The molecule has 1 aliphatic rings. The fraction of sp³-hybridized carbons (Fsp3) is 0.0789. The maximum Gasteiger partial charge on any atom is 0.0973 e. The van der Waals surface area contributed by atoms with E-state index in [0.717, 1.165) is 55.7 Å². The molecule has 0 amide bonds. The van der Waals surface area contributed by atoms with Crippen molar-refractivity contribution in [3.63, 3.8) is 0 Å². The lowest BCUT2D eigenvalue weighted by Crippen LogP contribution is -2.14. The summed E-state index contributed by atoms with van der Waals surface area (Å²) in [5.74, 6) is 0. The topological polar surface area (TPSA) is 38.7 Å². The van der Waals surface area contributed by atoms with Gasteiger partial charge in [-0.2, -0.15) is 0 Å². The van der Waals surface area contributed by atoms with E-state index in [-0.39, 0.29) is 5.41 Å². The van der Waals surface area contributed by atoms with Gasteiger partial charge in [-0.1, -0.05) is 111 Å². The molecule has 41 heavy (non-hydrogen) atoms. The summed E-state index contributed by atoms with van der Waals surface area (Å²) in [6, 6.07) is 44.6. The highest BCUT2D eigenvalue weighted by Crippen LogP contribution is 2.49. The molecule has 0 bridgehead atoms. The largest absolute Gasteiger partial charge is 0.246 e. The van der Waals surface area contributed by atoms with Crippen molar-refractivity contribution in [2.24, 2.45) is 0 Å². The van der Waals surface area contributed by atoms with Crippen LogP contribution in [0.2, 0.25) is 0 Å². The number of pyridine rings is 3. The molecule has 0 spiro atoms. The van der Waals surface area contributed by atoms with E-state index in [9.17, 15) is 0 Å². The Morgan fingerprint density at radius 1 is 0.415 bits per heavy atom. The summed E-state index contributed by atoms with van der Waals surface area (Å²) in [4.78, 5) is 15.3. The van der Waals surface area contributed by atoms with Crippen LogP contribution in [0.1, 0.15) is 25.0 Å². The Balaban J connectivity index is 1.22. The Morgan fingerprint density at radius 2 is 1.00 bits per heavy atom. The molecule has 3 nitrogen and oxygen atoms in total. The molecule has 0 fully saturated rings. The molecule has 7 aromatic rings. The van der Waals surface area contributed by atoms with Crippen LogP contribution in [0, 0.1) is 0 Å². The standard InChI is InChI=1S/C38H27N3/c1-38(2)30-12-7-6-11-28(30)29-20-17-27(23-31(29)38)32-13-8-14-34(39-32)35-22-19-26-16-15-25-18-21-33(24-9-4-3-5-10-24)40-36(25)37(26)41-35/h3-23H,1-2H3. The predicted molar refractivity (Wildman–Crippen MR) is 169 cm³/mol. The molecule has 3 heteroatoms. The van der Waals surface area contributed by atoms with Crippen LogP contribution in [-0.2, 0) is 5.41 Å². The molecule has 194 valence electrons. The van der Waals surface area contributed by atoms with Gasteiger partial charge < -0.3 is 0 Å². The number of hydrogen-bond donors (Lipinski definition) is 0. The second-order valence-corrected chi connectivity index (χ2v) is 11.3. The minimum atomic E-state index is -0.0495. The van der Waals surface area contributed by atoms with E-state index in [2.05, 4.69) is 117 Å². The van der Waals surface area contributed by atoms with Crippen molar-refractivity contribution in [1.82, 2.24) is 15.0 Å². The first kappa shape index (κ1) is 23.7. The first-order valence-corrected chi connectivity index (χ1v) is 14.0. The maximum absolute atomic E-state index is 5.13. The van der Waals surface area contributed by atoms with Gasteiger partial charge in [0, 0.05) is 27.3 Å². The molecular weight excluding hydrogens is 498 g/mol. The third-order valence-corrected chi connectivity index (χ3v) is 8.48. The summed E-state index contributed by atoms with van der Waals surface area (Å²) in [5, 5.41) is 2.14. The Morgan fingerprint density at radius 3 is 1.80 bits per heavy atom. The highest BCUT2D eigenvalue weighted by Gasteiger charge is 2.35. The maximum atomic E-state index is 5.13. The number of nitrogens with zero attached hydrogens (tertiary/aromatic N) is 3. The number of fused-ring (bicyclic) bond motifs is 6. The number of benzene rings is 4. The van der Waals surface area contributed by atoms with Crippen molar-refractivity contribution in [3.05, 3.63) is 139 Å². The van der Waals surface area contributed by atoms with Gasteiger partial charge >= 0.3 is 0 Å². The summed E-state index contributed by atoms with van der Waals surface area (Å²) < 4.78 is 0. The normalized spacial score (nSPS) is 13.3. The van der Waals surface area contributed by atoms with Gasteiger partial charge in [-0.3, -0.25) is 0 Å². The van der Waals surface area contributed by atoms with Crippen molar-refractivity contribution >= 4 is 21.8 Å². The van der Waals surface area contributed by atoms with E-state index >= 15 is 0 Å². The molecule has 4 aromatic carbocycles. The van der Waals surface area contributed by atoms with Crippen LogP contribution in [0.4, 0.5) is 0 Å². The van der Waals surface area contributed by atoms with Crippen LogP contribution >= 0.6 is 0 Å². The average molecular weight is 526 g/mol. The zero-order valence-corrected chi connectivity index (χ0v) is 23.0. The lowest BCUT2D eigenvalue weighted by atomic mass is 9.82. The molecule has 0 saturated heterocycles. The minimum absolute atomic E-state index is 0.0495. The monoisotopic (exact) mass is 525 g/mol. The van der Waals surface area contributed by atoms with Crippen LogP contribution in [0.3, 0.4) is 0 Å². The number of hydrogen-bond acceptors (Lipinski definition) is 3. The molecule has 1 aliphatic carbocycles. The Kier molecular flexibility index (Phi) is 5.17. The second kappa shape index (κ2) is 8.94. The van der Waals surface area contributed by atoms with Crippen LogP contribution < -0.4 is 0 Å². The minimum Gasteiger partial charge on any atom is -0.246 e. The zero-order chi connectivity index (χ0) is 27.6. The van der Waals surface area contributed by atoms with Crippen LogP contribution in [-0.4, -0.2) is 15.0 Å². The van der Waals surface area contributed by atoms with Gasteiger partial charge in [0.25, 0.3) is 0 Å². The smallest absolute Gasteiger partial charge is 0.0973 e. The Labute approximate surface area is 239 Å². The first-order chi connectivity index (χ1) is 20.1. The summed E-state index contributed by atoms with van der Waals surface area (Å²) in [7, 11) is 0. The number of rotatable bonds is 3. The third kappa shape index (κ3) is 3.77. The van der Waals surface area contributed by atoms with Gasteiger partial charge in [-0.15, -0.1) is 0 Å². The quantitative estimate of drug-likeness (QED) is 0.216. The molecule has 0 unspecified atom stereocenters. The van der Waals surface area contributed by atoms with E-state index in [1.165, 1.54) is 22.3 Å². The van der Waals surface area contributed by atoms with Crippen LogP contribution in [0.5, 0.6) is 0 Å². The molecule has 3 aromatic heterocycles.